The molecular formula is C12H24N2O. The predicted molar refractivity (Wildman–Crippen MR) is 62.7 cm³/mol. The molecule has 1 aliphatic rings. The summed E-state index contributed by atoms with van der Waals surface area (Å²) < 4.78 is 0. The third-order valence-corrected chi connectivity index (χ3v) is 3.27. The Balaban J connectivity index is 2.13. The quantitative estimate of drug-likeness (QED) is 0.658. The van der Waals surface area contributed by atoms with Gasteiger partial charge in [-0.05, 0) is 32.2 Å². The zero-order valence-corrected chi connectivity index (χ0v) is 10.0. The molecule has 0 unspecified atom stereocenters. The smallest absolute Gasteiger partial charge is 0.221 e. The van der Waals surface area contributed by atoms with Crippen molar-refractivity contribution < 1.29 is 4.79 Å². The summed E-state index contributed by atoms with van der Waals surface area (Å²) in [5, 5.41) is 6.26. The highest BCUT2D eigenvalue weighted by Crippen LogP contribution is 2.27. The first kappa shape index (κ1) is 12.5. The van der Waals surface area contributed by atoms with Gasteiger partial charge in [0.2, 0.25) is 5.91 Å². The summed E-state index contributed by atoms with van der Waals surface area (Å²) in [6, 6.07) is 0.363. The summed E-state index contributed by atoms with van der Waals surface area (Å²) in [5.74, 6) is 0.906. The van der Waals surface area contributed by atoms with Crippen LogP contribution in [0, 0.1) is 5.92 Å². The van der Waals surface area contributed by atoms with Crippen LogP contribution in [0.2, 0.25) is 0 Å². The van der Waals surface area contributed by atoms with Gasteiger partial charge in [-0.25, -0.2) is 0 Å². The van der Waals surface area contributed by atoms with Crippen molar-refractivity contribution in [3.05, 3.63) is 0 Å². The van der Waals surface area contributed by atoms with Crippen LogP contribution in [0.25, 0.3) is 0 Å². The SMILES string of the molecule is CCNCCC(=O)N[C@@H](C)C1CCCC1. The van der Waals surface area contributed by atoms with E-state index in [0.29, 0.717) is 18.4 Å². The molecule has 0 aromatic carbocycles. The second kappa shape index (κ2) is 6.83. The lowest BCUT2D eigenvalue weighted by molar-refractivity contribution is -0.121. The van der Waals surface area contributed by atoms with Gasteiger partial charge in [0.1, 0.15) is 0 Å². The van der Waals surface area contributed by atoms with E-state index in [1.807, 2.05) is 0 Å². The molecule has 0 aliphatic heterocycles. The van der Waals surface area contributed by atoms with Gasteiger partial charge in [0.25, 0.3) is 0 Å². The lowest BCUT2D eigenvalue weighted by atomic mass is 10.00. The Morgan fingerprint density at radius 2 is 2.07 bits per heavy atom. The molecule has 0 bridgehead atoms. The fourth-order valence-corrected chi connectivity index (χ4v) is 2.28. The average Bonchev–Trinajstić information content (AvgIpc) is 2.70. The van der Waals surface area contributed by atoms with Crippen molar-refractivity contribution >= 4 is 5.91 Å². The normalized spacial score (nSPS) is 19.1. The molecule has 1 rings (SSSR count). The zero-order chi connectivity index (χ0) is 11.1. The average molecular weight is 212 g/mol. The molecule has 1 amide bonds. The van der Waals surface area contributed by atoms with Gasteiger partial charge in [-0.1, -0.05) is 19.8 Å². The van der Waals surface area contributed by atoms with Gasteiger partial charge in [-0.3, -0.25) is 4.79 Å². The van der Waals surface area contributed by atoms with Gasteiger partial charge in [-0.2, -0.15) is 0 Å². The molecule has 0 heterocycles. The topological polar surface area (TPSA) is 41.1 Å². The number of amides is 1. The second-order valence-corrected chi connectivity index (χ2v) is 4.50. The minimum absolute atomic E-state index is 0.190. The van der Waals surface area contributed by atoms with Crippen molar-refractivity contribution in [2.45, 2.75) is 52.0 Å². The lowest BCUT2D eigenvalue weighted by Crippen LogP contribution is -2.38. The number of nitrogens with one attached hydrogen (secondary N) is 2. The molecule has 2 N–H and O–H groups in total. The molecule has 0 aromatic heterocycles. The van der Waals surface area contributed by atoms with Crippen molar-refractivity contribution in [2.24, 2.45) is 5.92 Å². The number of carbonyl (C=O) groups excluding carboxylic acids is 1. The molecule has 0 radical (unpaired) electrons. The molecule has 1 fully saturated rings. The van der Waals surface area contributed by atoms with Crippen molar-refractivity contribution in [3.8, 4) is 0 Å². The van der Waals surface area contributed by atoms with Gasteiger partial charge in [0.15, 0.2) is 0 Å². The van der Waals surface area contributed by atoms with Crippen LogP contribution in [-0.4, -0.2) is 25.0 Å². The highest BCUT2D eigenvalue weighted by atomic mass is 16.1. The Morgan fingerprint density at radius 3 is 2.67 bits per heavy atom. The van der Waals surface area contributed by atoms with Gasteiger partial charge in [0, 0.05) is 19.0 Å². The third-order valence-electron chi connectivity index (χ3n) is 3.27. The first-order valence-electron chi connectivity index (χ1n) is 6.24. The van der Waals surface area contributed by atoms with Gasteiger partial charge >= 0.3 is 0 Å². The predicted octanol–water partition coefficient (Wildman–Crippen LogP) is 1.68. The van der Waals surface area contributed by atoms with E-state index in [-0.39, 0.29) is 5.91 Å². The summed E-state index contributed by atoms with van der Waals surface area (Å²) in [7, 11) is 0. The molecule has 0 spiro atoms. The van der Waals surface area contributed by atoms with Gasteiger partial charge in [0.05, 0.1) is 0 Å². The van der Waals surface area contributed by atoms with Crippen LogP contribution in [0.1, 0.15) is 46.0 Å². The van der Waals surface area contributed by atoms with E-state index < -0.39 is 0 Å². The molecule has 88 valence electrons. The van der Waals surface area contributed by atoms with E-state index in [1.165, 1.54) is 25.7 Å². The van der Waals surface area contributed by atoms with Crippen molar-refractivity contribution in [2.75, 3.05) is 13.1 Å². The fourth-order valence-electron chi connectivity index (χ4n) is 2.28. The summed E-state index contributed by atoms with van der Waals surface area (Å²) in [6.45, 7) is 5.92. The summed E-state index contributed by atoms with van der Waals surface area (Å²) >= 11 is 0. The number of hydrogen-bond donors (Lipinski definition) is 2. The van der Waals surface area contributed by atoms with E-state index in [4.69, 9.17) is 0 Å². The molecule has 1 atom stereocenters. The maximum atomic E-state index is 11.5. The molecule has 0 saturated heterocycles. The molecule has 1 saturated carbocycles. The largest absolute Gasteiger partial charge is 0.353 e. The minimum atomic E-state index is 0.190. The maximum absolute atomic E-state index is 11.5. The summed E-state index contributed by atoms with van der Waals surface area (Å²) in [4.78, 5) is 11.5. The second-order valence-electron chi connectivity index (χ2n) is 4.50. The van der Waals surface area contributed by atoms with Crippen LogP contribution in [0.4, 0.5) is 0 Å². The highest BCUT2D eigenvalue weighted by molar-refractivity contribution is 5.76. The molecular weight excluding hydrogens is 188 g/mol. The van der Waals surface area contributed by atoms with Gasteiger partial charge < -0.3 is 10.6 Å². The minimum Gasteiger partial charge on any atom is -0.353 e. The standard InChI is InChI=1S/C12H24N2O/c1-3-13-9-8-12(15)14-10(2)11-6-4-5-7-11/h10-11,13H,3-9H2,1-2H3,(H,14,15)/t10-/m0/s1. The summed E-state index contributed by atoms with van der Waals surface area (Å²) in [5.41, 5.74) is 0. The lowest BCUT2D eigenvalue weighted by Gasteiger charge is -2.20. The fraction of sp³-hybridized carbons (Fsp3) is 0.917. The van der Waals surface area contributed by atoms with E-state index in [1.54, 1.807) is 0 Å². The van der Waals surface area contributed by atoms with Crippen LogP contribution in [-0.2, 0) is 4.79 Å². The van der Waals surface area contributed by atoms with Crippen LogP contribution in [0.15, 0.2) is 0 Å². The Labute approximate surface area is 93.0 Å². The third kappa shape index (κ3) is 4.65. The summed E-state index contributed by atoms with van der Waals surface area (Å²) in [6.07, 6.45) is 5.85. The number of hydrogen-bond acceptors (Lipinski definition) is 2. The molecule has 3 heteroatoms. The zero-order valence-electron chi connectivity index (χ0n) is 10.0. The molecule has 3 nitrogen and oxygen atoms in total. The Bertz CT molecular complexity index is 188. The number of rotatable bonds is 6. The Morgan fingerprint density at radius 1 is 1.40 bits per heavy atom. The van der Waals surface area contributed by atoms with Crippen LogP contribution in [0.5, 0.6) is 0 Å². The highest BCUT2D eigenvalue weighted by Gasteiger charge is 2.22. The van der Waals surface area contributed by atoms with E-state index in [9.17, 15) is 4.79 Å². The Kier molecular flexibility index (Phi) is 5.69. The molecule has 15 heavy (non-hydrogen) atoms. The van der Waals surface area contributed by atoms with E-state index in [2.05, 4.69) is 24.5 Å². The van der Waals surface area contributed by atoms with E-state index in [0.717, 1.165) is 13.1 Å². The Hall–Kier alpha value is -0.570. The first-order chi connectivity index (χ1) is 7.24. The monoisotopic (exact) mass is 212 g/mol. The van der Waals surface area contributed by atoms with Crippen LogP contribution < -0.4 is 10.6 Å². The van der Waals surface area contributed by atoms with E-state index >= 15 is 0 Å². The molecule has 1 aliphatic carbocycles. The van der Waals surface area contributed by atoms with Gasteiger partial charge in [-0.15, -0.1) is 0 Å². The van der Waals surface area contributed by atoms with Crippen LogP contribution in [0.3, 0.4) is 0 Å². The van der Waals surface area contributed by atoms with Crippen molar-refractivity contribution in [1.82, 2.24) is 10.6 Å². The van der Waals surface area contributed by atoms with Crippen molar-refractivity contribution in [3.63, 3.8) is 0 Å². The molecule has 0 aromatic rings. The van der Waals surface area contributed by atoms with Crippen molar-refractivity contribution in [1.29, 1.82) is 0 Å². The number of carbonyl (C=O) groups is 1. The van der Waals surface area contributed by atoms with Crippen LogP contribution >= 0.6 is 0 Å². The first-order valence-corrected chi connectivity index (χ1v) is 6.24. The maximum Gasteiger partial charge on any atom is 0.221 e.